The third-order valence-electron chi connectivity index (χ3n) is 4.40. The molecule has 3 aromatic rings. The number of benzene rings is 2. The highest BCUT2D eigenvalue weighted by molar-refractivity contribution is 8.00. The molecular formula is C21H24ClN3O2S. The van der Waals surface area contributed by atoms with Gasteiger partial charge in [-0.25, -0.2) is 4.98 Å². The lowest BCUT2D eigenvalue weighted by molar-refractivity contribution is -0.120. The molecule has 1 heterocycles. The van der Waals surface area contributed by atoms with Gasteiger partial charge in [0.2, 0.25) is 5.91 Å². The molecule has 1 amide bonds. The zero-order chi connectivity index (χ0) is 19.9. The van der Waals surface area contributed by atoms with E-state index in [1.165, 1.54) is 17.3 Å². The standard InChI is InChI=1S/C21H24ClN3O2S/c1-15(20(26)23-11-10-16-6-4-3-5-7-16)28-21-24-18-14-17(22)8-9-19(18)25(21)12-13-27-2/h3-9,14-15H,10-13H2,1-2H3,(H,23,26). The van der Waals surface area contributed by atoms with E-state index in [2.05, 4.69) is 27.0 Å². The van der Waals surface area contributed by atoms with Gasteiger partial charge in [-0.15, -0.1) is 0 Å². The summed E-state index contributed by atoms with van der Waals surface area (Å²) in [7, 11) is 1.67. The Bertz CT molecular complexity index is 930. The van der Waals surface area contributed by atoms with Gasteiger partial charge in [0.05, 0.1) is 22.9 Å². The van der Waals surface area contributed by atoms with Crippen LogP contribution in [0.3, 0.4) is 0 Å². The first-order valence-electron chi connectivity index (χ1n) is 9.21. The van der Waals surface area contributed by atoms with Crippen molar-refractivity contribution in [2.45, 2.75) is 30.3 Å². The number of carbonyl (C=O) groups excluding carboxylic acids is 1. The normalized spacial score (nSPS) is 12.2. The van der Waals surface area contributed by atoms with Crippen LogP contribution in [0.25, 0.3) is 11.0 Å². The van der Waals surface area contributed by atoms with Crippen molar-refractivity contribution in [1.29, 1.82) is 0 Å². The second-order valence-corrected chi connectivity index (χ2v) is 8.20. The molecule has 0 aliphatic heterocycles. The van der Waals surface area contributed by atoms with E-state index >= 15 is 0 Å². The first-order valence-corrected chi connectivity index (χ1v) is 10.5. The quantitative estimate of drug-likeness (QED) is 0.531. The minimum absolute atomic E-state index is 0.00399. The molecular weight excluding hydrogens is 394 g/mol. The van der Waals surface area contributed by atoms with Gasteiger partial charge < -0.3 is 14.6 Å². The van der Waals surface area contributed by atoms with E-state index in [1.54, 1.807) is 7.11 Å². The summed E-state index contributed by atoms with van der Waals surface area (Å²) in [5.41, 5.74) is 3.02. The van der Waals surface area contributed by atoms with Crippen LogP contribution in [0.2, 0.25) is 5.02 Å². The zero-order valence-corrected chi connectivity index (χ0v) is 17.6. The molecule has 0 radical (unpaired) electrons. The molecule has 0 spiro atoms. The van der Waals surface area contributed by atoms with Crippen molar-refractivity contribution < 1.29 is 9.53 Å². The second kappa shape index (κ2) is 9.96. The van der Waals surface area contributed by atoms with E-state index < -0.39 is 0 Å². The van der Waals surface area contributed by atoms with Crippen LogP contribution in [0.4, 0.5) is 0 Å². The van der Waals surface area contributed by atoms with E-state index in [0.29, 0.717) is 24.7 Å². The van der Waals surface area contributed by atoms with E-state index in [9.17, 15) is 4.79 Å². The summed E-state index contributed by atoms with van der Waals surface area (Å²) < 4.78 is 7.30. The van der Waals surface area contributed by atoms with Crippen molar-refractivity contribution >= 4 is 40.3 Å². The number of aromatic nitrogens is 2. The number of nitrogens with zero attached hydrogens (tertiary/aromatic N) is 2. The van der Waals surface area contributed by atoms with Crippen LogP contribution in [0.15, 0.2) is 53.7 Å². The molecule has 28 heavy (non-hydrogen) atoms. The monoisotopic (exact) mass is 417 g/mol. The van der Waals surface area contributed by atoms with Gasteiger partial charge in [0, 0.05) is 25.2 Å². The van der Waals surface area contributed by atoms with Gasteiger partial charge in [-0.2, -0.15) is 0 Å². The summed E-state index contributed by atoms with van der Waals surface area (Å²) in [5.74, 6) is 0.00399. The highest BCUT2D eigenvalue weighted by Gasteiger charge is 2.19. The number of hydrogen-bond donors (Lipinski definition) is 1. The fraction of sp³-hybridized carbons (Fsp3) is 0.333. The van der Waals surface area contributed by atoms with Crippen molar-refractivity contribution in [2.75, 3.05) is 20.3 Å². The van der Waals surface area contributed by atoms with Gasteiger partial charge in [0.25, 0.3) is 0 Å². The number of methoxy groups -OCH3 is 1. The molecule has 2 aromatic carbocycles. The Labute approximate surface area is 174 Å². The molecule has 5 nitrogen and oxygen atoms in total. The number of amides is 1. The predicted molar refractivity (Wildman–Crippen MR) is 115 cm³/mol. The van der Waals surface area contributed by atoms with Crippen LogP contribution in [-0.4, -0.2) is 41.0 Å². The number of rotatable bonds is 9. The first-order chi connectivity index (χ1) is 13.6. The van der Waals surface area contributed by atoms with Gasteiger partial charge in [-0.1, -0.05) is 53.7 Å². The van der Waals surface area contributed by atoms with Crippen LogP contribution in [0, 0.1) is 0 Å². The SMILES string of the molecule is COCCn1c(SC(C)C(=O)NCCc2ccccc2)nc2cc(Cl)ccc21. The summed E-state index contributed by atoms with van der Waals surface area (Å²) in [6, 6.07) is 15.8. The molecule has 0 saturated heterocycles. The summed E-state index contributed by atoms with van der Waals surface area (Å²) in [6.07, 6.45) is 0.814. The lowest BCUT2D eigenvalue weighted by Gasteiger charge is -2.13. The fourth-order valence-corrected chi connectivity index (χ4v) is 4.04. The zero-order valence-electron chi connectivity index (χ0n) is 16.0. The molecule has 1 N–H and O–H groups in total. The fourth-order valence-electron chi connectivity index (χ4n) is 2.90. The first kappa shape index (κ1) is 20.7. The molecule has 0 bridgehead atoms. The maximum absolute atomic E-state index is 12.5. The van der Waals surface area contributed by atoms with Gasteiger partial charge in [0.1, 0.15) is 0 Å². The largest absolute Gasteiger partial charge is 0.383 e. The third-order valence-corrected chi connectivity index (χ3v) is 5.73. The maximum Gasteiger partial charge on any atom is 0.233 e. The van der Waals surface area contributed by atoms with Crippen molar-refractivity contribution in [3.05, 3.63) is 59.1 Å². The third kappa shape index (κ3) is 5.28. The number of thioether (sulfide) groups is 1. The smallest absolute Gasteiger partial charge is 0.233 e. The number of halogens is 1. The molecule has 3 rings (SSSR count). The van der Waals surface area contributed by atoms with E-state index in [0.717, 1.165) is 22.6 Å². The predicted octanol–water partition coefficient (Wildman–Crippen LogP) is 4.18. The summed E-state index contributed by atoms with van der Waals surface area (Å²) in [5, 5.41) is 4.19. The average Bonchev–Trinajstić information content (AvgIpc) is 3.02. The van der Waals surface area contributed by atoms with Gasteiger partial charge in [0.15, 0.2) is 5.16 Å². The Kier molecular flexibility index (Phi) is 7.36. The molecule has 0 aliphatic rings. The Morgan fingerprint density at radius 1 is 1.29 bits per heavy atom. The Morgan fingerprint density at radius 3 is 2.82 bits per heavy atom. The summed E-state index contributed by atoms with van der Waals surface area (Å²) in [4.78, 5) is 17.2. The Hall–Kier alpha value is -2.02. The lowest BCUT2D eigenvalue weighted by Crippen LogP contribution is -2.32. The molecule has 1 unspecified atom stereocenters. The van der Waals surface area contributed by atoms with Crippen molar-refractivity contribution in [2.24, 2.45) is 0 Å². The Morgan fingerprint density at radius 2 is 2.07 bits per heavy atom. The number of fused-ring (bicyclic) bond motifs is 1. The van der Waals surface area contributed by atoms with E-state index in [4.69, 9.17) is 16.3 Å². The number of hydrogen-bond acceptors (Lipinski definition) is 4. The van der Waals surface area contributed by atoms with Crippen LogP contribution in [0.1, 0.15) is 12.5 Å². The highest BCUT2D eigenvalue weighted by atomic mass is 35.5. The molecule has 0 aliphatic carbocycles. The highest BCUT2D eigenvalue weighted by Crippen LogP contribution is 2.28. The summed E-state index contributed by atoms with van der Waals surface area (Å²) >= 11 is 7.55. The van der Waals surface area contributed by atoms with Crippen LogP contribution >= 0.6 is 23.4 Å². The molecule has 1 aromatic heterocycles. The van der Waals surface area contributed by atoms with Crippen molar-refractivity contribution in [3.63, 3.8) is 0 Å². The van der Waals surface area contributed by atoms with E-state index in [1.807, 2.05) is 43.3 Å². The molecule has 0 fully saturated rings. The number of imidazole rings is 1. The molecule has 148 valence electrons. The minimum atomic E-state index is -0.260. The number of carbonyl (C=O) groups is 1. The van der Waals surface area contributed by atoms with Crippen LogP contribution in [-0.2, 0) is 22.5 Å². The van der Waals surface area contributed by atoms with Crippen LogP contribution in [0.5, 0.6) is 0 Å². The lowest BCUT2D eigenvalue weighted by atomic mass is 10.1. The van der Waals surface area contributed by atoms with Crippen LogP contribution < -0.4 is 5.32 Å². The molecule has 1 atom stereocenters. The van der Waals surface area contributed by atoms with Gasteiger partial charge in [-0.05, 0) is 37.1 Å². The topological polar surface area (TPSA) is 56.1 Å². The van der Waals surface area contributed by atoms with Crippen molar-refractivity contribution in [1.82, 2.24) is 14.9 Å². The number of nitrogens with one attached hydrogen (secondary N) is 1. The maximum atomic E-state index is 12.5. The average molecular weight is 418 g/mol. The molecule has 0 saturated carbocycles. The minimum Gasteiger partial charge on any atom is -0.383 e. The van der Waals surface area contributed by atoms with E-state index in [-0.39, 0.29) is 11.2 Å². The Balaban J connectivity index is 1.65. The van der Waals surface area contributed by atoms with Gasteiger partial charge >= 0.3 is 0 Å². The number of ether oxygens (including phenoxy) is 1. The molecule has 7 heteroatoms. The van der Waals surface area contributed by atoms with Gasteiger partial charge in [-0.3, -0.25) is 4.79 Å². The second-order valence-electron chi connectivity index (χ2n) is 6.46. The van der Waals surface area contributed by atoms with Crippen molar-refractivity contribution in [3.8, 4) is 0 Å². The summed E-state index contributed by atoms with van der Waals surface area (Å²) in [6.45, 7) is 3.75.